The van der Waals surface area contributed by atoms with Crippen molar-refractivity contribution in [2.45, 2.75) is 56.5 Å². The summed E-state index contributed by atoms with van der Waals surface area (Å²) in [5, 5.41) is 14.2. The number of amides is 2. The summed E-state index contributed by atoms with van der Waals surface area (Å²) >= 11 is 4.96. The number of halogens is 1. The summed E-state index contributed by atoms with van der Waals surface area (Å²) < 4.78 is 0.912. The second-order valence-corrected chi connectivity index (χ2v) is 11.7. The third-order valence-electron chi connectivity index (χ3n) is 6.86. The van der Waals surface area contributed by atoms with Gasteiger partial charge in [-0.05, 0) is 41.7 Å². The maximum Gasteiger partial charge on any atom is 0.269 e. The zero-order chi connectivity index (χ0) is 27.6. The zero-order valence-electron chi connectivity index (χ0n) is 21.6. The van der Waals surface area contributed by atoms with E-state index in [1.54, 1.807) is 17.0 Å². The minimum Gasteiger partial charge on any atom is -0.352 e. The van der Waals surface area contributed by atoms with Crippen LogP contribution in [-0.4, -0.2) is 39.5 Å². The Morgan fingerprint density at radius 3 is 2.33 bits per heavy atom. The van der Waals surface area contributed by atoms with Crippen LogP contribution in [0, 0.1) is 10.1 Å². The molecule has 2 amide bonds. The predicted octanol–water partition coefficient (Wildman–Crippen LogP) is 6.29. The Kier molecular flexibility index (Phi) is 10.6. The van der Waals surface area contributed by atoms with Crippen molar-refractivity contribution in [2.75, 3.05) is 5.75 Å². The highest BCUT2D eigenvalue weighted by atomic mass is 79.9. The van der Waals surface area contributed by atoms with Gasteiger partial charge in [-0.15, -0.1) is 11.8 Å². The molecular formula is C30H32BrN3O4S. The average molecular weight is 611 g/mol. The molecule has 0 radical (unpaired) electrons. The Hall–Kier alpha value is -3.17. The number of hydrogen-bond acceptors (Lipinski definition) is 5. The quantitative estimate of drug-likeness (QED) is 0.192. The van der Waals surface area contributed by atoms with Gasteiger partial charge < -0.3 is 10.2 Å². The van der Waals surface area contributed by atoms with E-state index in [1.165, 1.54) is 23.9 Å². The Labute approximate surface area is 241 Å². The number of hydrogen-bond donors (Lipinski definition) is 1. The molecule has 0 bridgehead atoms. The lowest BCUT2D eigenvalue weighted by atomic mass is 10.0. The van der Waals surface area contributed by atoms with Crippen LogP contribution >= 0.6 is 27.7 Å². The fourth-order valence-electron chi connectivity index (χ4n) is 4.81. The second kappa shape index (κ2) is 14.3. The fraction of sp³-hybridized carbons (Fsp3) is 0.333. The molecular weight excluding hydrogens is 578 g/mol. The molecule has 9 heteroatoms. The summed E-state index contributed by atoms with van der Waals surface area (Å²) in [7, 11) is 0. The lowest BCUT2D eigenvalue weighted by Gasteiger charge is -2.32. The summed E-state index contributed by atoms with van der Waals surface area (Å²) in [4.78, 5) is 39.7. The van der Waals surface area contributed by atoms with Gasteiger partial charge in [0, 0.05) is 41.4 Å². The molecule has 1 N–H and O–H groups in total. The molecule has 1 fully saturated rings. The maximum atomic E-state index is 13.8. The zero-order valence-corrected chi connectivity index (χ0v) is 24.0. The van der Waals surface area contributed by atoms with Crippen LogP contribution in [0.4, 0.5) is 5.69 Å². The molecule has 3 aromatic rings. The van der Waals surface area contributed by atoms with Crippen LogP contribution in [-0.2, 0) is 28.3 Å². The normalized spacial score (nSPS) is 14.1. The van der Waals surface area contributed by atoms with Crippen LogP contribution < -0.4 is 5.32 Å². The van der Waals surface area contributed by atoms with Crippen LogP contribution in [0.2, 0.25) is 0 Å². The summed E-state index contributed by atoms with van der Waals surface area (Å²) in [5.74, 6) is 0.484. The third-order valence-corrected chi connectivity index (χ3v) is 8.34. The minimum atomic E-state index is -0.653. The number of carbonyl (C=O) groups is 2. The monoisotopic (exact) mass is 609 g/mol. The molecule has 0 saturated heterocycles. The molecule has 0 aliphatic heterocycles. The highest BCUT2D eigenvalue weighted by Crippen LogP contribution is 2.23. The molecule has 4 rings (SSSR count). The van der Waals surface area contributed by atoms with Gasteiger partial charge >= 0.3 is 0 Å². The van der Waals surface area contributed by atoms with Crippen LogP contribution in [0.15, 0.2) is 83.3 Å². The first-order valence-electron chi connectivity index (χ1n) is 13.1. The average Bonchev–Trinajstić information content (AvgIpc) is 3.44. The Morgan fingerprint density at radius 1 is 0.974 bits per heavy atom. The Bertz CT molecular complexity index is 1270. The molecule has 39 heavy (non-hydrogen) atoms. The first kappa shape index (κ1) is 28.8. The first-order valence-corrected chi connectivity index (χ1v) is 15.0. The van der Waals surface area contributed by atoms with Gasteiger partial charge in [0.15, 0.2) is 0 Å². The lowest BCUT2D eigenvalue weighted by molar-refractivity contribution is -0.384. The number of nitro groups is 1. The Balaban J connectivity index is 1.54. The number of non-ortho nitro benzene ring substituents is 1. The molecule has 0 spiro atoms. The van der Waals surface area contributed by atoms with E-state index >= 15 is 0 Å². The third kappa shape index (κ3) is 8.66. The highest BCUT2D eigenvalue weighted by molar-refractivity contribution is 9.10. The van der Waals surface area contributed by atoms with Crippen molar-refractivity contribution < 1.29 is 14.5 Å². The van der Waals surface area contributed by atoms with Crippen molar-refractivity contribution in [1.82, 2.24) is 10.2 Å². The molecule has 7 nitrogen and oxygen atoms in total. The van der Waals surface area contributed by atoms with E-state index in [-0.39, 0.29) is 29.3 Å². The summed E-state index contributed by atoms with van der Waals surface area (Å²) in [6, 6.07) is 23.5. The van der Waals surface area contributed by atoms with Gasteiger partial charge in [0.25, 0.3) is 5.69 Å². The predicted molar refractivity (Wildman–Crippen MR) is 158 cm³/mol. The Morgan fingerprint density at radius 2 is 1.67 bits per heavy atom. The minimum absolute atomic E-state index is 0.0389. The fourth-order valence-corrected chi connectivity index (χ4v) is 6.12. The molecule has 3 aromatic carbocycles. The standard InChI is InChI=1S/C30H32BrN3O4S/c31-25-10-6-9-24(17-25)19-33(29(35)21-39-20-23-13-15-27(16-14-23)34(37)38)28(18-22-7-2-1-3-8-22)30(36)32-26-11-4-5-12-26/h1-3,6-10,13-17,26,28H,4-5,11-12,18-21H2,(H,32,36)/t28-/m1/s1. The molecule has 1 atom stereocenters. The number of carbonyl (C=O) groups excluding carboxylic acids is 2. The molecule has 0 heterocycles. The van der Waals surface area contributed by atoms with Crippen LogP contribution in [0.3, 0.4) is 0 Å². The van der Waals surface area contributed by atoms with E-state index in [0.717, 1.165) is 46.8 Å². The first-order chi connectivity index (χ1) is 18.9. The van der Waals surface area contributed by atoms with E-state index in [0.29, 0.717) is 18.7 Å². The van der Waals surface area contributed by atoms with Gasteiger partial charge in [-0.1, -0.05) is 83.4 Å². The molecule has 1 aliphatic rings. The van der Waals surface area contributed by atoms with E-state index in [9.17, 15) is 19.7 Å². The molecule has 0 unspecified atom stereocenters. The summed E-state index contributed by atoms with van der Waals surface area (Å²) in [6.07, 6.45) is 4.57. The summed E-state index contributed by atoms with van der Waals surface area (Å²) in [5.41, 5.74) is 2.87. The molecule has 204 valence electrons. The number of thioether (sulfide) groups is 1. The highest BCUT2D eigenvalue weighted by Gasteiger charge is 2.32. The number of rotatable bonds is 12. The van der Waals surface area contributed by atoms with E-state index < -0.39 is 11.0 Å². The smallest absolute Gasteiger partial charge is 0.269 e. The van der Waals surface area contributed by atoms with Crippen LogP contribution in [0.1, 0.15) is 42.4 Å². The van der Waals surface area contributed by atoms with Gasteiger partial charge in [-0.3, -0.25) is 19.7 Å². The van der Waals surface area contributed by atoms with Gasteiger partial charge in [-0.25, -0.2) is 0 Å². The molecule has 1 aliphatic carbocycles. The van der Waals surface area contributed by atoms with E-state index in [2.05, 4.69) is 21.2 Å². The molecule has 1 saturated carbocycles. The van der Waals surface area contributed by atoms with Gasteiger partial charge in [0.05, 0.1) is 10.7 Å². The van der Waals surface area contributed by atoms with Crippen LogP contribution in [0.25, 0.3) is 0 Å². The second-order valence-electron chi connectivity index (χ2n) is 9.76. The van der Waals surface area contributed by atoms with Crippen molar-refractivity contribution in [1.29, 1.82) is 0 Å². The van der Waals surface area contributed by atoms with Crippen molar-refractivity contribution in [3.05, 3.63) is 110 Å². The van der Waals surface area contributed by atoms with Crippen molar-refractivity contribution in [3.8, 4) is 0 Å². The van der Waals surface area contributed by atoms with Crippen molar-refractivity contribution in [3.63, 3.8) is 0 Å². The summed E-state index contributed by atoms with van der Waals surface area (Å²) in [6.45, 7) is 0.311. The van der Waals surface area contributed by atoms with E-state index in [1.807, 2.05) is 54.6 Å². The number of nitrogens with zero attached hydrogens (tertiary/aromatic N) is 2. The molecule has 0 aromatic heterocycles. The number of nitrogens with one attached hydrogen (secondary N) is 1. The van der Waals surface area contributed by atoms with Crippen molar-refractivity contribution in [2.24, 2.45) is 0 Å². The van der Waals surface area contributed by atoms with Gasteiger partial charge in [0.1, 0.15) is 6.04 Å². The number of nitro benzene ring substituents is 1. The SMILES string of the molecule is O=C(NC1CCCC1)[C@@H](Cc1ccccc1)N(Cc1cccc(Br)c1)C(=O)CSCc1ccc([N+](=O)[O-])cc1. The van der Waals surface area contributed by atoms with E-state index in [4.69, 9.17) is 0 Å². The largest absolute Gasteiger partial charge is 0.352 e. The lowest BCUT2D eigenvalue weighted by Crippen LogP contribution is -2.52. The van der Waals surface area contributed by atoms with Crippen LogP contribution in [0.5, 0.6) is 0 Å². The number of benzene rings is 3. The van der Waals surface area contributed by atoms with Gasteiger partial charge in [0.2, 0.25) is 11.8 Å². The van der Waals surface area contributed by atoms with Crippen molar-refractivity contribution >= 4 is 45.2 Å². The van der Waals surface area contributed by atoms with Gasteiger partial charge in [-0.2, -0.15) is 0 Å². The maximum absolute atomic E-state index is 13.8. The topological polar surface area (TPSA) is 92.6 Å².